The maximum atomic E-state index is 12.0. The van der Waals surface area contributed by atoms with E-state index in [1.54, 1.807) is 19.2 Å². The minimum absolute atomic E-state index is 0.0748. The van der Waals surface area contributed by atoms with Crippen LogP contribution in [0.15, 0.2) is 22.7 Å². The van der Waals surface area contributed by atoms with Gasteiger partial charge in [0.25, 0.3) is 5.91 Å². The Labute approximate surface area is 127 Å². The Kier molecular flexibility index (Phi) is 7.98. The number of ether oxygens (including phenoxy) is 1. The van der Waals surface area contributed by atoms with Crippen LogP contribution in [-0.4, -0.2) is 31.6 Å². The fourth-order valence-corrected chi connectivity index (χ4v) is 2.53. The first-order chi connectivity index (χ1) is 9.19. The van der Waals surface area contributed by atoms with E-state index in [-0.39, 0.29) is 5.91 Å². The fourth-order valence-electron chi connectivity index (χ4n) is 1.70. The lowest BCUT2D eigenvalue weighted by atomic mass is 10.2. The lowest BCUT2D eigenvalue weighted by Crippen LogP contribution is -2.24. The van der Waals surface area contributed by atoms with Crippen molar-refractivity contribution < 1.29 is 9.53 Å². The molecule has 3 nitrogen and oxygen atoms in total. The zero-order chi connectivity index (χ0) is 14.1. The molecule has 0 fully saturated rings. The van der Waals surface area contributed by atoms with Crippen molar-refractivity contribution in [3.63, 3.8) is 0 Å². The summed E-state index contributed by atoms with van der Waals surface area (Å²) in [5.41, 5.74) is 0.579. The van der Waals surface area contributed by atoms with Gasteiger partial charge in [0.15, 0.2) is 0 Å². The standard InChI is InChI=1S/C14H20BrNO2S/c1-18-13-10-11(15)6-7-12(13)14(17)16-8-4-3-5-9-19-2/h6-7,10H,3-5,8-9H2,1-2H3,(H,16,17). The highest BCUT2D eigenvalue weighted by Gasteiger charge is 2.11. The Morgan fingerprint density at radius 2 is 2.16 bits per heavy atom. The van der Waals surface area contributed by atoms with Crippen LogP contribution in [0.25, 0.3) is 0 Å². The summed E-state index contributed by atoms with van der Waals surface area (Å²) >= 11 is 5.22. The largest absolute Gasteiger partial charge is 0.496 e. The molecule has 0 radical (unpaired) electrons. The molecule has 1 aromatic rings. The molecule has 0 aliphatic rings. The fraction of sp³-hybridized carbons (Fsp3) is 0.500. The van der Waals surface area contributed by atoms with Gasteiger partial charge in [0, 0.05) is 11.0 Å². The Morgan fingerprint density at radius 3 is 2.84 bits per heavy atom. The van der Waals surface area contributed by atoms with Gasteiger partial charge in [-0.3, -0.25) is 4.79 Å². The Bertz CT molecular complexity index is 412. The summed E-state index contributed by atoms with van der Waals surface area (Å²) in [5.74, 6) is 1.71. The number of benzene rings is 1. The van der Waals surface area contributed by atoms with Gasteiger partial charge in [-0.1, -0.05) is 22.4 Å². The maximum Gasteiger partial charge on any atom is 0.255 e. The van der Waals surface area contributed by atoms with E-state index in [9.17, 15) is 4.79 Å². The molecule has 0 aliphatic carbocycles. The lowest BCUT2D eigenvalue weighted by Gasteiger charge is -2.09. The molecule has 0 heterocycles. The first-order valence-corrected chi connectivity index (χ1v) is 8.48. The zero-order valence-corrected chi connectivity index (χ0v) is 13.8. The van der Waals surface area contributed by atoms with Crippen molar-refractivity contribution in [3.05, 3.63) is 28.2 Å². The number of hydrogen-bond donors (Lipinski definition) is 1. The zero-order valence-electron chi connectivity index (χ0n) is 11.4. The highest BCUT2D eigenvalue weighted by molar-refractivity contribution is 9.10. The molecule has 0 spiro atoms. The van der Waals surface area contributed by atoms with Gasteiger partial charge in [-0.2, -0.15) is 11.8 Å². The smallest absolute Gasteiger partial charge is 0.255 e. The molecular weight excluding hydrogens is 326 g/mol. The molecule has 0 saturated carbocycles. The Morgan fingerprint density at radius 1 is 1.37 bits per heavy atom. The minimum atomic E-state index is -0.0748. The van der Waals surface area contributed by atoms with Gasteiger partial charge >= 0.3 is 0 Å². The second-order valence-electron chi connectivity index (χ2n) is 4.15. The molecule has 106 valence electrons. The molecule has 0 atom stereocenters. The summed E-state index contributed by atoms with van der Waals surface area (Å²) in [4.78, 5) is 12.0. The van der Waals surface area contributed by atoms with E-state index in [1.807, 2.05) is 17.8 Å². The van der Waals surface area contributed by atoms with Gasteiger partial charge < -0.3 is 10.1 Å². The maximum absolute atomic E-state index is 12.0. The normalized spacial score (nSPS) is 10.3. The van der Waals surface area contributed by atoms with Crippen molar-refractivity contribution in [3.8, 4) is 5.75 Å². The van der Waals surface area contributed by atoms with Crippen LogP contribution in [0.1, 0.15) is 29.6 Å². The molecule has 0 aliphatic heterocycles. The summed E-state index contributed by atoms with van der Waals surface area (Å²) in [6, 6.07) is 5.41. The van der Waals surface area contributed by atoms with Crippen LogP contribution >= 0.6 is 27.7 Å². The molecule has 0 saturated heterocycles. The number of carbonyl (C=O) groups is 1. The predicted octanol–water partition coefficient (Wildman–Crippen LogP) is 3.72. The molecule has 0 bridgehead atoms. The Hall–Kier alpha value is -0.680. The van der Waals surface area contributed by atoms with E-state index < -0.39 is 0 Å². The molecule has 1 aromatic carbocycles. The molecule has 1 rings (SSSR count). The van der Waals surface area contributed by atoms with E-state index >= 15 is 0 Å². The summed E-state index contributed by atoms with van der Waals surface area (Å²) in [5, 5.41) is 2.93. The molecule has 0 unspecified atom stereocenters. The van der Waals surface area contributed by atoms with Gasteiger partial charge in [0.2, 0.25) is 0 Å². The predicted molar refractivity (Wildman–Crippen MR) is 85.3 cm³/mol. The molecular formula is C14H20BrNO2S. The third-order valence-electron chi connectivity index (χ3n) is 2.72. The van der Waals surface area contributed by atoms with E-state index in [0.717, 1.165) is 17.3 Å². The van der Waals surface area contributed by atoms with Crippen molar-refractivity contribution in [1.82, 2.24) is 5.32 Å². The second-order valence-corrected chi connectivity index (χ2v) is 6.06. The molecule has 5 heteroatoms. The van der Waals surface area contributed by atoms with Gasteiger partial charge in [0.05, 0.1) is 12.7 Å². The number of thioether (sulfide) groups is 1. The van der Waals surface area contributed by atoms with Crippen LogP contribution in [0.4, 0.5) is 0 Å². The quantitative estimate of drug-likeness (QED) is 0.729. The molecule has 1 N–H and O–H groups in total. The van der Waals surface area contributed by atoms with E-state index in [4.69, 9.17) is 4.74 Å². The van der Waals surface area contributed by atoms with Crippen LogP contribution in [0.2, 0.25) is 0 Å². The van der Waals surface area contributed by atoms with Crippen LogP contribution in [0, 0.1) is 0 Å². The van der Waals surface area contributed by atoms with Crippen molar-refractivity contribution in [1.29, 1.82) is 0 Å². The van der Waals surface area contributed by atoms with Gasteiger partial charge in [-0.15, -0.1) is 0 Å². The number of nitrogens with one attached hydrogen (secondary N) is 1. The average molecular weight is 346 g/mol. The van der Waals surface area contributed by atoms with Crippen molar-refractivity contribution in [2.75, 3.05) is 25.7 Å². The van der Waals surface area contributed by atoms with E-state index in [0.29, 0.717) is 17.9 Å². The molecule has 1 amide bonds. The third kappa shape index (κ3) is 5.87. The molecule has 19 heavy (non-hydrogen) atoms. The highest BCUT2D eigenvalue weighted by Crippen LogP contribution is 2.23. The van der Waals surface area contributed by atoms with E-state index in [1.165, 1.54) is 12.2 Å². The van der Waals surface area contributed by atoms with Crippen LogP contribution in [-0.2, 0) is 0 Å². The number of halogens is 1. The van der Waals surface area contributed by atoms with Crippen molar-refractivity contribution in [2.45, 2.75) is 19.3 Å². The number of methoxy groups -OCH3 is 1. The van der Waals surface area contributed by atoms with Gasteiger partial charge in [-0.05, 0) is 43.0 Å². The first-order valence-electron chi connectivity index (χ1n) is 6.29. The lowest BCUT2D eigenvalue weighted by molar-refractivity contribution is 0.0950. The van der Waals surface area contributed by atoms with Gasteiger partial charge in [0.1, 0.15) is 5.75 Å². The SMILES string of the molecule is COc1cc(Br)ccc1C(=O)NCCCCCSC. The van der Waals surface area contributed by atoms with E-state index in [2.05, 4.69) is 27.5 Å². The monoisotopic (exact) mass is 345 g/mol. The number of carbonyl (C=O) groups excluding carboxylic acids is 1. The number of rotatable bonds is 8. The minimum Gasteiger partial charge on any atom is -0.496 e. The topological polar surface area (TPSA) is 38.3 Å². The summed E-state index contributed by atoms with van der Waals surface area (Å²) in [6.45, 7) is 0.715. The average Bonchev–Trinajstić information content (AvgIpc) is 2.42. The third-order valence-corrected chi connectivity index (χ3v) is 3.91. The summed E-state index contributed by atoms with van der Waals surface area (Å²) in [7, 11) is 1.57. The first kappa shape index (κ1) is 16.4. The van der Waals surface area contributed by atoms with Crippen molar-refractivity contribution in [2.24, 2.45) is 0 Å². The molecule has 0 aromatic heterocycles. The summed E-state index contributed by atoms with van der Waals surface area (Å²) in [6.07, 6.45) is 5.49. The van der Waals surface area contributed by atoms with Gasteiger partial charge in [-0.25, -0.2) is 0 Å². The van der Waals surface area contributed by atoms with Crippen LogP contribution in [0.5, 0.6) is 5.75 Å². The number of hydrogen-bond acceptors (Lipinski definition) is 3. The number of unbranched alkanes of at least 4 members (excludes halogenated alkanes) is 2. The second kappa shape index (κ2) is 9.26. The summed E-state index contributed by atoms with van der Waals surface area (Å²) < 4.78 is 6.11. The Balaban J connectivity index is 2.41. The highest BCUT2D eigenvalue weighted by atomic mass is 79.9. The number of amides is 1. The van der Waals surface area contributed by atoms with Crippen LogP contribution in [0.3, 0.4) is 0 Å². The van der Waals surface area contributed by atoms with Crippen LogP contribution < -0.4 is 10.1 Å². The van der Waals surface area contributed by atoms with Crippen molar-refractivity contribution >= 4 is 33.6 Å².